The Balaban J connectivity index is 2.30. The van der Waals surface area contributed by atoms with Gasteiger partial charge in [0.1, 0.15) is 10.7 Å². The zero-order chi connectivity index (χ0) is 14.8. The van der Waals surface area contributed by atoms with E-state index in [1.807, 2.05) is 6.26 Å². The lowest BCUT2D eigenvalue weighted by Crippen LogP contribution is -2.14. The lowest BCUT2D eigenvalue weighted by molar-refractivity contribution is 0.570. The molecule has 0 amide bonds. The number of halogens is 2. The van der Waals surface area contributed by atoms with Gasteiger partial charge in [0, 0.05) is 15.1 Å². The summed E-state index contributed by atoms with van der Waals surface area (Å²) in [6.45, 7) is 0. The Morgan fingerprint density at radius 1 is 1.15 bits per heavy atom. The molecule has 0 radical (unpaired) electrons. The van der Waals surface area contributed by atoms with Crippen molar-refractivity contribution in [2.45, 2.75) is 9.79 Å². The lowest BCUT2D eigenvalue weighted by Gasteiger charge is -2.09. The van der Waals surface area contributed by atoms with Crippen LogP contribution in [0.3, 0.4) is 0 Å². The van der Waals surface area contributed by atoms with Crippen molar-refractivity contribution < 1.29 is 12.8 Å². The van der Waals surface area contributed by atoms with Gasteiger partial charge in [-0.3, -0.25) is 4.72 Å². The van der Waals surface area contributed by atoms with Crippen LogP contribution in [0.5, 0.6) is 0 Å². The summed E-state index contributed by atoms with van der Waals surface area (Å²) < 4.78 is 40.8. The highest BCUT2D eigenvalue weighted by molar-refractivity contribution is 9.10. The third-order valence-corrected chi connectivity index (χ3v) is 5.18. The zero-order valence-corrected chi connectivity index (χ0v) is 13.6. The van der Waals surface area contributed by atoms with E-state index >= 15 is 0 Å². The van der Waals surface area contributed by atoms with Crippen molar-refractivity contribution in [3.8, 4) is 0 Å². The number of benzene rings is 2. The molecule has 106 valence electrons. The van der Waals surface area contributed by atoms with Gasteiger partial charge in [0.15, 0.2) is 0 Å². The average Bonchev–Trinajstić information content (AvgIpc) is 2.38. The summed E-state index contributed by atoms with van der Waals surface area (Å²) in [5.41, 5.74) is 0.394. The number of nitrogens with one attached hydrogen (secondary N) is 1. The van der Waals surface area contributed by atoms with Crippen molar-refractivity contribution in [3.05, 3.63) is 52.8 Å². The predicted octanol–water partition coefficient (Wildman–Crippen LogP) is 4.11. The quantitative estimate of drug-likeness (QED) is 0.817. The number of anilines is 1. The summed E-state index contributed by atoms with van der Waals surface area (Å²) in [4.78, 5) is 0.636. The molecule has 0 aromatic heterocycles. The van der Waals surface area contributed by atoms with Crippen molar-refractivity contribution in [1.82, 2.24) is 0 Å². The molecule has 0 atom stereocenters. The monoisotopic (exact) mass is 375 g/mol. The molecular weight excluding hydrogens is 365 g/mol. The molecule has 0 unspecified atom stereocenters. The van der Waals surface area contributed by atoms with Crippen LogP contribution < -0.4 is 4.72 Å². The van der Waals surface area contributed by atoms with E-state index < -0.39 is 15.8 Å². The van der Waals surface area contributed by atoms with Gasteiger partial charge in [0.05, 0.1) is 0 Å². The SMILES string of the molecule is CSc1ccc(NS(=O)(=O)c2ccc(Br)cc2F)cc1. The number of thioether (sulfide) groups is 1. The summed E-state index contributed by atoms with van der Waals surface area (Å²) in [7, 11) is -3.93. The zero-order valence-electron chi connectivity index (χ0n) is 10.4. The normalized spacial score (nSPS) is 11.3. The fraction of sp³-hybridized carbons (Fsp3) is 0.0769. The first-order valence-electron chi connectivity index (χ1n) is 5.54. The van der Waals surface area contributed by atoms with E-state index in [2.05, 4.69) is 20.7 Å². The van der Waals surface area contributed by atoms with Crippen LogP contribution in [-0.4, -0.2) is 14.7 Å². The minimum Gasteiger partial charge on any atom is -0.280 e. The number of sulfonamides is 1. The van der Waals surface area contributed by atoms with Crippen LogP contribution in [-0.2, 0) is 10.0 Å². The topological polar surface area (TPSA) is 46.2 Å². The van der Waals surface area contributed by atoms with Gasteiger partial charge < -0.3 is 0 Å². The van der Waals surface area contributed by atoms with E-state index in [0.29, 0.717) is 10.2 Å². The smallest absolute Gasteiger partial charge is 0.264 e. The van der Waals surface area contributed by atoms with Gasteiger partial charge in [0.2, 0.25) is 0 Å². The molecule has 0 aliphatic rings. The summed E-state index contributed by atoms with van der Waals surface area (Å²) >= 11 is 4.64. The van der Waals surface area contributed by atoms with Crippen LogP contribution in [0.2, 0.25) is 0 Å². The Bertz CT molecular complexity index is 718. The first kappa shape index (κ1) is 15.3. The first-order chi connectivity index (χ1) is 9.42. The number of hydrogen-bond donors (Lipinski definition) is 1. The fourth-order valence-electron chi connectivity index (χ4n) is 1.56. The molecule has 2 aromatic carbocycles. The second-order valence-corrected chi connectivity index (χ2v) is 7.35. The predicted molar refractivity (Wildman–Crippen MR) is 83.1 cm³/mol. The second-order valence-electron chi connectivity index (χ2n) is 3.91. The Hall–Kier alpha value is -1.05. The van der Waals surface area contributed by atoms with Crippen molar-refractivity contribution in [1.29, 1.82) is 0 Å². The van der Waals surface area contributed by atoms with Gasteiger partial charge in [-0.15, -0.1) is 11.8 Å². The molecule has 2 rings (SSSR count). The maximum absolute atomic E-state index is 13.7. The van der Waals surface area contributed by atoms with Crippen LogP contribution in [0.4, 0.5) is 10.1 Å². The van der Waals surface area contributed by atoms with E-state index in [0.717, 1.165) is 11.0 Å². The summed E-state index contributed by atoms with van der Waals surface area (Å²) in [5.74, 6) is -0.799. The van der Waals surface area contributed by atoms with Crippen LogP contribution in [0.15, 0.2) is 56.7 Å². The van der Waals surface area contributed by atoms with Gasteiger partial charge >= 0.3 is 0 Å². The highest BCUT2D eigenvalue weighted by Crippen LogP contribution is 2.23. The van der Waals surface area contributed by atoms with E-state index in [4.69, 9.17) is 0 Å². The Morgan fingerprint density at radius 3 is 2.35 bits per heavy atom. The molecular formula is C13H11BrFNO2S2. The summed E-state index contributed by atoms with van der Waals surface area (Å²) in [6.07, 6.45) is 1.93. The highest BCUT2D eigenvalue weighted by Gasteiger charge is 2.19. The molecule has 3 nitrogen and oxygen atoms in total. The molecule has 2 aromatic rings. The lowest BCUT2D eigenvalue weighted by atomic mass is 10.3. The summed E-state index contributed by atoms with van der Waals surface area (Å²) in [5, 5.41) is 0. The van der Waals surface area contributed by atoms with Crippen molar-refractivity contribution in [2.24, 2.45) is 0 Å². The van der Waals surface area contributed by atoms with Crippen LogP contribution in [0, 0.1) is 5.82 Å². The molecule has 0 saturated carbocycles. The van der Waals surface area contributed by atoms with Crippen molar-refractivity contribution in [3.63, 3.8) is 0 Å². The first-order valence-corrected chi connectivity index (χ1v) is 9.04. The molecule has 0 fully saturated rings. The van der Waals surface area contributed by atoms with Gasteiger partial charge in [-0.25, -0.2) is 12.8 Å². The van der Waals surface area contributed by atoms with Gasteiger partial charge in [0.25, 0.3) is 10.0 Å². The highest BCUT2D eigenvalue weighted by atomic mass is 79.9. The fourth-order valence-corrected chi connectivity index (χ4v) is 3.42. The van der Waals surface area contributed by atoms with Crippen molar-refractivity contribution in [2.75, 3.05) is 11.0 Å². The Kier molecular flexibility index (Phi) is 4.72. The molecule has 0 bridgehead atoms. The van der Waals surface area contributed by atoms with Gasteiger partial charge in [-0.2, -0.15) is 0 Å². The minimum absolute atomic E-state index is 0.380. The van der Waals surface area contributed by atoms with Crippen LogP contribution >= 0.6 is 27.7 Å². The third-order valence-electron chi connectivity index (χ3n) is 2.53. The molecule has 0 saturated heterocycles. The molecule has 0 aliphatic carbocycles. The molecule has 0 heterocycles. The Labute approximate surface area is 129 Å². The molecule has 1 N–H and O–H groups in total. The van der Waals surface area contributed by atoms with E-state index in [1.165, 1.54) is 12.1 Å². The molecule has 20 heavy (non-hydrogen) atoms. The minimum atomic E-state index is -3.93. The Morgan fingerprint density at radius 2 is 1.80 bits per heavy atom. The summed E-state index contributed by atoms with van der Waals surface area (Å²) in [6, 6.07) is 10.7. The molecule has 0 spiro atoms. The largest absolute Gasteiger partial charge is 0.280 e. The molecule has 0 aliphatic heterocycles. The maximum atomic E-state index is 13.7. The number of rotatable bonds is 4. The number of hydrogen-bond acceptors (Lipinski definition) is 3. The van der Waals surface area contributed by atoms with E-state index in [1.54, 1.807) is 36.0 Å². The standard InChI is InChI=1S/C13H11BrFNO2S2/c1-19-11-5-3-10(4-6-11)16-20(17,18)13-7-2-9(14)8-12(13)15/h2-8,16H,1H3. The van der Waals surface area contributed by atoms with E-state index in [9.17, 15) is 12.8 Å². The van der Waals surface area contributed by atoms with Gasteiger partial charge in [-0.1, -0.05) is 15.9 Å². The molecule has 7 heteroatoms. The van der Waals surface area contributed by atoms with Crippen molar-refractivity contribution >= 4 is 43.4 Å². The van der Waals surface area contributed by atoms with E-state index in [-0.39, 0.29) is 4.90 Å². The maximum Gasteiger partial charge on any atom is 0.264 e. The van der Waals surface area contributed by atoms with Gasteiger partial charge in [-0.05, 0) is 48.7 Å². The second kappa shape index (κ2) is 6.15. The van der Waals surface area contributed by atoms with Crippen LogP contribution in [0.25, 0.3) is 0 Å². The van der Waals surface area contributed by atoms with Crippen LogP contribution in [0.1, 0.15) is 0 Å². The average molecular weight is 376 g/mol. The third kappa shape index (κ3) is 3.53.